The smallest absolute Gasteiger partial charge is 0.252 e. The third-order valence-corrected chi connectivity index (χ3v) is 3.57. The van der Waals surface area contributed by atoms with Crippen molar-refractivity contribution in [2.75, 3.05) is 30.9 Å². The maximum atomic E-state index is 11.6. The fourth-order valence-electron chi connectivity index (χ4n) is 1.55. The lowest BCUT2D eigenvalue weighted by Crippen LogP contribution is -2.18. The van der Waals surface area contributed by atoms with Gasteiger partial charge in [-0.05, 0) is 43.0 Å². The molecule has 100 valence electrons. The van der Waals surface area contributed by atoms with Crippen molar-refractivity contribution < 1.29 is 4.79 Å². The zero-order chi connectivity index (χ0) is 13.4. The van der Waals surface area contributed by atoms with Gasteiger partial charge >= 0.3 is 0 Å². The minimum Gasteiger partial charge on any atom is -0.385 e. The number of hydrogen-bond acceptors (Lipinski definition) is 3. The highest BCUT2D eigenvalue weighted by Crippen LogP contribution is 2.20. The summed E-state index contributed by atoms with van der Waals surface area (Å²) in [6.07, 6.45) is 4.44. The third kappa shape index (κ3) is 4.78. The molecule has 0 radical (unpaired) electrons. The summed E-state index contributed by atoms with van der Waals surface area (Å²) >= 11 is 7.84. The van der Waals surface area contributed by atoms with Gasteiger partial charge in [0.1, 0.15) is 0 Å². The molecule has 1 aromatic rings. The molecule has 0 atom stereocenters. The molecule has 0 fully saturated rings. The summed E-state index contributed by atoms with van der Waals surface area (Å²) in [5.74, 6) is 1.03. The van der Waals surface area contributed by atoms with Crippen molar-refractivity contribution in [3.05, 3.63) is 28.8 Å². The summed E-state index contributed by atoms with van der Waals surface area (Å²) in [5, 5.41) is 6.36. The van der Waals surface area contributed by atoms with Gasteiger partial charge in [-0.25, -0.2) is 0 Å². The first kappa shape index (κ1) is 15.2. The van der Waals surface area contributed by atoms with Crippen LogP contribution in [-0.2, 0) is 0 Å². The van der Waals surface area contributed by atoms with Crippen LogP contribution in [0.3, 0.4) is 0 Å². The van der Waals surface area contributed by atoms with Crippen LogP contribution >= 0.6 is 23.4 Å². The first-order valence-electron chi connectivity index (χ1n) is 5.93. The monoisotopic (exact) mass is 286 g/mol. The van der Waals surface area contributed by atoms with E-state index in [1.807, 2.05) is 17.8 Å². The fraction of sp³-hybridized carbons (Fsp3) is 0.462. The molecular formula is C13H19ClN2OS. The molecule has 2 N–H and O–H groups in total. The van der Waals surface area contributed by atoms with Gasteiger partial charge in [0.15, 0.2) is 0 Å². The minimum absolute atomic E-state index is 0.161. The van der Waals surface area contributed by atoms with E-state index in [2.05, 4.69) is 16.9 Å². The standard InChI is InChI=1S/C13H19ClN2OS/c1-15-13(17)11-9-10(5-6-12(11)14)16-7-3-4-8-18-2/h5-6,9,16H,3-4,7-8H2,1-2H3,(H,15,17). The van der Waals surface area contributed by atoms with Crippen LogP contribution in [0, 0.1) is 0 Å². The van der Waals surface area contributed by atoms with Crippen LogP contribution in [0.2, 0.25) is 5.02 Å². The Morgan fingerprint density at radius 1 is 1.39 bits per heavy atom. The Balaban J connectivity index is 2.54. The van der Waals surface area contributed by atoms with Crippen molar-refractivity contribution in [2.24, 2.45) is 0 Å². The van der Waals surface area contributed by atoms with E-state index in [9.17, 15) is 4.79 Å². The van der Waals surface area contributed by atoms with E-state index in [1.165, 1.54) is 12.2 Å². The number of carbonyl (C=O) groups excluding carboxylic acids is 1. The van der Waals surface area contributed by atoms with E-state index in [0.717, 1.165) is 18.7 Å². The molecule has 0 aliphatic heterocycles. The SMILES string of the molecule is CNC(=O)c1cc(NCCCCSC)ccc1Cl. The highest BCUT2D eigenvalue weighted by Gasteiger charge is 2.09. The molecule has 1 amide bonds. The summed E-state index contributed by atoms with van der Waals surface area (Å²) in [6.45, 7) is 0.912. The molecule has 5 heteroatoms. The quantitative estimate of drug-likeness (QED) is 0.756. The molecule has 0 aromatic heterocycles. The average Bonchev–Trinajstić information content (AvgIpc) is 2.39. The van der Waals surface area contributed by atoms with E-state index in [0.29, 0.717) is 10.6 Å². The van der Waals surface area contributed by atoms with Gasteiger partial charge < -0.3 is 10.6 Å². The van der Waals surface area contributed by atoms with Gasteiger partial charge in [0.2, 0.25) is 0 Å². The number of rotatable bonds is 7. The molecule has 0 spiro atoms. The molecule has 0 aliphatic carbocycles. The Morgan fingerprint density at radius 2 is 2.17 bits per heavy atom. The van der Waals surface area contributed by atoms with Crippen molar-refractivity contribution in [2.45, 2.75) is 12.8 Å². The number of thioether (sulfide) groups is 1. The maximum absolute atomic E-state index is 11.6. The van der Waals surface area contributed by atoms with E-state index in [1.54, 1.807) is 19.2 Å². The Kier molecular flexibility index (Phi) is 6.98. The molecule has 0 saturated carbocycles. The maximum Gasteiger partial charge on any atom is 0.252 e. The molecule has 0 aliphatic rings. The minimum atomic E-state index is -0.161. The second-order valence-corrected chi connectivity index (χ2v) is 5.29. The predicted molar refractivity (Wildman–Crippen MR) is 80.9 cm³/mol. The largest absolute Gasteiger partial charge is 0.385 e. The number of carbonyl (C=O) groups is 1. The van der Waals surface area contributed by atoms with Gasteiger partial charge in [0.25, 0.3) is 5.91 Å². The Labute approximate surface area is 118 Å². The van der Waals surface area contributed by atoms with Crippen LogP contribution in [-0.4, -0.2) is 31.5 Å². The van der Waals surface area contributed by atoms with Crippen molar-refractivity contribution in [1.82, 2.24) is 5.32 Å². The van der Waals surface area contributed by atoms with Crippen LogP contribution in [0.25, 0.3) is 0 Å². The zero-order valence-electron chi connectivity index (χ0n) is 10.8. The number of anilines is 1. The van der Waals surface area contributed by atoms with E-state index >= 15 is 0 Å². The number of benzene rings is 1. The molecule has 0 heterocycles. The van der Waals surface area contributed by atoms with Gasteiger partial charge in [-0.15, -0.1) is 0 Å². The molecule has 1 aromatic carbocycles. The van der Waals surface area contributed by atoms with Crippen molar-refractivity contribution >= 4 is 35.0 Å². The highest BCUT2D eigenvalue weighted by molar-refractivity contribution is 7.98. The van der Waals surface area contributed by atoms with Crippen LogP contribution in [0.5, 0.6) is 0 Å². The molecule has 18 heavy (non-hydrogen) atoms. The van der Waals surface area contributed by atoms with Crippen LogP contribution in [0.1, 0.15) is 23.2 Å². The number of unbranched alkanes of at least 4 members (excludes halogenated alkanes) is 1. The first-order chi connectivity index (χ1) is 8.69. The molecule has 3 nitrogen and oxygen atoms in total. The average molecular weight is 287 g/mol. The van der Waals surface area contributed by atoms with Crippen LogP contribution in [0.4, 0.5) is 5.69 Å². The summed E-state index contributed by atoms with van der Waals surface area (Å²) in [4.78, 5) is 11.6. The number of hydrogen-bond donors (Lipinski definition) is 2. The van der Waals surface area contributed by atoms with E-state index < -0.39 is 0 Å². The summed E-state index contributed by atoms with van der Waals surface area (Å²) in [5.41, 5.74) is 1.44. The molecule has 1 rings (SSSR count). The number of halogens is 1. The topological polar surface area (TPSA) is 41.1 Å². The molecule has 0 unspecified atom stereocenters. The zero-order valence-corrected chi connectivity index (χ0v) is 12.3. The van der Waals surface area contributed by atoms with Crippen molar-refractivity contribution in [3.8, 4) is 0 Å². The predicted octanol–water partition coefficient (Wildman–Crippen LogP) is 3.25. The molecular weight excluding hydrogens is 268 g/mol. The van der Waals surface area contributed by atoms with Crippen molar-refractivity contribution in [1.29, 1.82) is 0 Å². The van der Waals surface area contributed by atoms with E-state index in [-0.39, 0.29) is 5.91 Å². The normalized spacial score (nSPS) is 10.2. The summed E-state index contributed by atoms with van der Waals surface area (Å²) < 4.78 is 0. The van der Waals surface area contributed by atoms with Crippen LogP contribution in [0.15, 0.2) is 18.2 Å². The highest BCUT2D eigenvalue weighted by atomic mass is 35.5. The van der Waals surface area contributed by atoms with E-state index in [4.69, 9.17) is 11.6 Å². The first-order valence-corrected chi connectivity index (χ1v) is 7.70. The summed E-state index contributed by atoms with van der Waals surface area (Å²) in [6, 6.07) is 5.43. The lowest BCUT2D eigenvalue weighted by atomic mass is 10.2. The lowest BCUT2D eigenvalue weighted by molar-refractivity contribution is 0.0963. The third-order valence-electron chi connectivity index (χ3n) is 2.54. The van der Waals surface area contributed by atoms with Crippen LogP contribution < -0.4 is 10.6 Å². The van der Waals surface area contributed by atoms with Gasteiger partial charge in [-0.3, -0.25) is 4.79 Å². The van der Waals surface area contributed by atoms with Gasteiger partial charge in [0.05, 0.1) is 10.6 Å². The van der Waals surface area contributed by atoms with Gasteiger partial charge in [-0.1, -0.05) is 11.6 Å². The Morgan fingerprint density at radius 3 is 2.83 bits per heavy atom. The lowest BCUT2D eigenvalue weighted by Gasteiger charge is -2.09. The fourth-order valence-corrected chi connectivity index (χ4v) is 2.24. The number of nitrogens with one attached hydrogen (secondary N) is 2. The number of amides is 1. The second kappa shape index (κ2) is 8.27. The van der Waals surface area contributed by atoms with Gasteiger partial charge in [-0.2, -0.15) is 11.8 Å². The van der Waals surface area contributed by atoms with Gasteiger partial charge in [0, 0.05) is 19.3 Å². The van der Waals surface area contributed by atoms with Crippen molar-refractivity contribution in [3.63, 3.8) is 0 Å². The second-order valence-electron chi connectivity index (χ2n) is 3.90. The molecule has 0 saturated heterocycles. The Bertz CT molecular complexity index is 399. The Hall–Kier alpha value is -0.870. The molecule has 0 bridgehead atoms. The summed E-state index contributed by atoms with van der Waals surface area (Å²) in [7, 11) is 1.60.